The highest BCUT2D eigenvalue weighted by molar-refractivity contribution is 8.00. The van der Waals surface area contributed by atoms with Crippen molar-refractivity contribution in [2.45, 2.75) is 11.4 Å². The Morgan fingerprint density at radius 3 is 2.69 bits per heavy atom. The van der Waals surface area contributed by atoms with Crippen molar-refractivity contribution in [2.24, 2.45) is 5.16 Å². The third kappa shape index (κ3) is 4.08. The van der Waals surface area contributed by atoms with Crippen LogP contribution in [0.15, 0.2) is 46.0 Å². The van der Waals surface area contributed by atoms with Crippen molar-refractivity contribution in [2.75, 3.05) is 11.5 Å². The van der Waals surface area contributed by atoms with Crippen LogP contribution in [0, 0.1) is 0 Å². The van der Waals surface area contributed by atoms with Crippen LogP contribution in [0.3, 0.4) is 0 Å². The van der Waals surface area contributed by atoms with Crippen LogP contribution >= 0.6 is 58.7 Å². The third-order valence-electron chi connectivity index (χ3n) is 5.53. The number of nitrogens with two attached hydrogens (primary N) is 1. The molecule has 4 heterocycles. The van der Waals surface area contributed by atoms with Gasteiger partial charge in [-0.25, -0.2) is 4.98 Å². The van der Waals surface area contributed by atoms with E-state index in [4.69, 9.17) is 17.3 Å². The molecule has 15 heteroatoms. The lowest BCUT2D eigenvalue weighted by atomic mass is 10.0. The Morgan fingerprint density at radius 1 is 1.28 bits per heavy atom. The number of anilines is 1. The van der Waals surface area contributed by atoms with E-state index in [1.54, 1.807) is 12.1 Å². The Hall–Kier alpha value is -2.91. The maximum atomic E-state index is 13.1. The Labute approximate surface area is 225 Å². The molecule has 10 nitrogen and oxygen atoms in total. The van der Waals surface area contributed by atoms with Crippen LogP contribution in [0.25, 0.3) is 15.7 Å². The maximum absolute atomic E-state index is 13.1. The summed E-state index contributed by atoms with van der Waals surface area (Å²) in [6.45, 7) is 0. The number of nitrogen functional groups attached to an aromatic ring is 1. The molecule has 0 spiro atoms. The fourth-order valence-electron chi connectivity index (χ4n) is 3.93. The van der Waals surface area contributed by atoms with Crippen LogP contribution in [0.2, 0.25) is 4.34 Å². The van der Waals surface area contributed by atoms with Crippen LogP contribution < -0.4 is 16.5 Å². The molecule has 0 saturated carbocycles. The second-order valence-corrected chi connectivity index (χ2v) is 11.8. The van der Waals surface area contributed by atoms with Gasteiger partial charge in [0.1, 0.15) is 27.1 Å². The number of carbonyl (C=O) groups is 3. The first-order valence-electron chi connectivity index (χ1n) is 10.1. The second kappa shape index (κ2) is 9.52. The van der Waals surface area contributed by atoms with Gasteiger partial charge in [0.2, 0.25) is 5.12 Å². The number of aromatic nitrogens is 1. The van der Waals surface area contributed by atoms with Gasteiger partial charge in [-0.3, -0.25) is 24.1 Å². The Bertz CT molecular complexity index is 1580. The topological polar surface area (TPSA) is 155 Å². The molecule has 5 rings (SSSR count). The molecule has 2 amide bonds. The minimum atomic E-state index is -1.01. The van der Waals surface area contributed by atoms with Crippen molar-refractivity contribution in [3.63, 3.8) is 0 Å². The lowest BCUT2D eigenvalue weighted by Crippen LogP contribution is -2.70. The van der Waals surface area contributed by atoms with E-state index in [9.17, 15) is 24.4 Å². The van der Waals surface area contributed by atoms with Crippen LogP contribution in [-0.2, 0) is 14.4 Å². The van der Waals surface area contributed by atoms with Crippen LogP contribution in [-0.4, -0.2) is 54.9 Å². The number of nitrogens with zero attached hydrogens (tertiary/aromatic N) is 3. The summed E-state index contributed by atoms with van der Waals surface area (Å²) >= 11 is 13.6. The number of β-lactam (4-membered cyclic amide) rings is 1. The van der Waals surface area contributed by atoms with Crippen molar-refractivity contribution < 1.29 is 19.6 Å². The van der Waals surface area contributed by atoms with Gasteiger partial charge >= 0.3 is 0 Å². The Kier molecular flexibility index (Phi) is 6.55. The number of fused-ring (bicyclic) bond motifs is 2. The van der Waals surface area contributed by atoms with Gasteiger partial charge in [0.15, 0.2) is 16.3 Å². The van der Waals surface area contributed by atoms with Gasteiger partial charge in [0.05, 0.1) is 0 Å². The van der Waals surface area contributed by atoms with Crippen LogP contribution in [0.5, 0.6) is 0 Å². The molecule has 2 atom stereocenters. The fourth-order valence-corrected chi connectivity index (χ4v) is 7.68. The Morgan fingerprint density at radius 2 is 2.03 bits per heavy atom. The molecule has 184 valence electrons. The van der Waals surface area contributed by atoms with E-state index in [0.717, 1.165) is 16.0 Å². The molecule has 2 aliphatic rings. The zero-order valence-corrected chi connectivity index (χ0v) is 21.9. The van der Waals surface area contributed by atoms with Gasteiger partial charge in [0, 0.05) is 32.4 Å². The van der Waals surface area contributed by atoms with Crippen molar-refractivity contribution in [3.05, 3.63) is 61.2 Å². The van der Waals surface area contributed by atoms with Gasteiger partial charge in [-0.2, -0.15) is 0 Å². The highest BCUT2D eigenvalue weighted by Crippen LogP contribution is 2.44. The molecular formula is C21H14ClN5O5S4. The smallest absolute Gasteiger partial charge is 0.276 e. The molecule has 4 N–H and O–H groups in total. The van der Waals surface area contributed by atoms with Gasteiger partial charge in [0.25, 0.3) is 11.8 Å². The summed E-state index contributed by atoms with van der Waals surface area (Å²) in [5.41, 5.74) is 5.37. The van der Waals surface area contributed by atoms with Gasteiger partial charge in [-0.15, -0.1) is 23.1 Å². The largest absolute Gasteiger partial charge is 0.410 e. The summed E-state index contributed by atoms with van der Waals surface area (Å²) in [6, 6.07) is 7.58. The predicted octanol–water partition coefficient (Wildman–Crippen LogP) is 2.40. The number of thiazole rings is 1. The van der Waals surface area contributed by atoms with Crippen LogP contribution in [0.4, 0.5) is 5.13 Å². The molecule has 1 aromatic carbocycles. The van der Waals surface area contributed by atoms with Gasteiger partial charge in [-0.05, 0) is 12.1 Å². The lowest BCUT2D eigenvalue weighted by molar-refractivity contribution is -0.145. The lowest BCUT2D eigenvalue weighted by Gasteiger charge is -2.49. The zero-order chi connectivity index (χ0) is 25.7. The SMILES string of the molecule is Nc1nc(C(=NO)C(=O)NC2C(=O)N3C(C(=O)S)=C(c4cc(=O)c5ccccc5s4)CS[C@H]23)c(Cl)s1. The number of halogens is 1. The highest BCUT2D eigenvalue weighted by atomic mass is 35.5. The quantitative estimate of drug-likeness (QED) is 0.118. The molecule has 3 aromatic rings. The van der Waals surface area contributed by atoms with Gasteiger partial charge < -0.3 is 16.3 Å². The van der Waals surface area contributed by atoms with E-state index in [1.165, 1.54) is 34.1 Å². The first-order chi connectivity index (χ1) is 17.2. The molecule has 1 fully saturated rings. The number of thiol groups is 1. The predicted molar refractivity (Wildman–Crippen MR) is 144 cm³/mol. The average Bonchev–Trinajstić information content (AvgIpc) is 3.19. The molecule has 0 radical (unpaired) electrons. The third-order valence-corrected chi connectivity index (χ3v) is 9.27. The van der Waals surface area contributed by atoms with Gasteiger partial charge in [-0.1, -0.05) is 52.9 Å². The van der Waals surface area contributed by atoms with E-state index in [0.29, 0.717) is 21.6 Å². The average molecular weight is 580 g/mol. The summed E-state index contributed by atoms with van der Waals surface area (Å²) in [7, 11) is 0. The molecule has 2 aromatic heterocycles. The molecule has 0 aliphatic carbocycles. The molecular weight excluding hydrogens is 566 g/mol. The number of benzene rings is 1. The standard InChI is InChI=1S/C21H14ClN5O5S4/c22-16-12(25-21(23)36-16)13(26-32)17(29)24-14-18(30)27-15(20(31)33)8(6-34-19(14)27)11-5-9(28)7-3-1-2-4-10(7)35-11/h1-5,14,19,32H,6H2,(H2,23,25)(H,24,29)(H,31,33)/t14?,19-/m1/s1. The number of hydrogen-bond donors (Lipinski definition) is 4. The summed E-state index contributed by atoms with van der Waals surface area (Å²) in [6.07, 6.45) is 0. The number of thioether (sulfide) groups is 1. The number of carbonyl (C=O) groups excluding carboxylic acids is 3. The summed E-state index contributed by atoms with van der Waals surface area (Å²) in [4.78, 5) is 56.7. The zero-order valence-electron chi connectivity index (χ0n) is 17.8. The van der Waals surface area contributed by atoms with E-state index in [-0.39, 0.29) is 26.3 Å². The number of hydrogen-bond acceptors (Lipinski definition) is 11. The summed E-state index contributed by atoms with van der Waals surface area (Å²) in [5.74, 6) is -1.14. The number of amides is 2. The van der Waals surface area contributed by atoms with Crippen molar-refractivity contribution in [1.82, 2.24) is 15.2 Å². The minimum Gasteiger partial charge on any atom is -0.410 e. The van der Waals surface area contributed by atoms with Crippen LogP contribution in [0.1, 0.15) is 10.6 Å². The Balaban J connectivity index is 1.45. The van der Waals surface area contributed by atoms with E-state index < -0.39 is 34.1 Å². The van der Waals surface area contributed by atoms with E-state index >= 15 is 0 Å². The normalized spacial score (nSPS) is 19.8. The maximum Gasteiger partial charge on any atom is 0.276 e. The number of oxime groups is 1. The van der Waals surface area contributed by atoms with Crippen molar-refractivity contribution >= 4 is 102 Å². The van der Waals surface area contributed by atoms with E-state index in [2.05, 4.69) is 28.1 Å². The monoisotopic (exact) mass is 579 g/mol. The summed E-state index contributed by atoms with van der Waals surface area (Å²) in [5, 5.41) is 14.3. The molecule has 36 heavy (non-hydrogen) atoms. The van der Waals surface area contributed by atoms with Crippen molar-refractivity contribution in [1.29, 1.82) is 0 Å². The molecule has 0 bridgehead atoms. The van der Waals surface area contributed by atoms with E-state index in [1.807, 2.05) is 12.1 Å². The molecule has 1 saturated heterocycles. The van der Waals surface area contributed by atoms with Crippen molar-refractivity contribution in [3.8, 4) is 0 Å². The number of rotatable bonds is 5. The minimum absolute atomic E-state index is 0.0500. The molecule has 2 aliphatic heterocycles. The highest BCUT2D eigenvalue weighted by Gasteiger charge is 2.54. The fraction of sp³-hybridized carbons (Fsp3) is 0.143. The summed E-state index contributed by atoms with van der Waals surface area (Å²) < 4.78 is 0.803. The molecule has 1 unspecified atom stereocenters. The first kappa shape index (κ1) is 24.8. The second-order valence-electron chi connectivity index (χ2n) is 7.59. The first-order valence-corrected chi connectivity index (χ1v) is 13.6. The number of nitrogens with one attached hydrogen (secondary N) is 1.